The molecular formula is C17H21ClN2O2. The lowest BCUT2D eigenvalue weighted by atomic mass is 10.1. The number of hydrogen-bond acceptors (Lipinski definition) is 4. The van der Waals surface area contributed by atoms with Crippen molar-refractivity contribution >= 4 is 11.6 Å². The van der Waals surface area contributed by atoms with E-state index in [9.17, 15) is 0 Å². The van der Waals surface area contributed by atoms with E-state index in [4.69, 9.17) is 20.8 Å². The van der Waals surface area contributed by atoms with Crippen molar-refractivity contribution in [1.82, 2.24) is 9.88 Å². The molecule has 2 aromatic rings. The molecule has 5 heteroatoms. The average Bonchev–Trinajstić information content (AvgIpc) is 2.89. The highest BCUT2D eigenvalue weighted by molar-refractivity contribution is 6.33. The van der Waals surface area contributed by atoms with Crippen LogP contribution in [-0.4, -0.2) is 36.2 Å². The fourth-order valence-electron chi connectivity index (χ4n) is 2.89. The van der Waals surface area contributed by atoms with Gasteiger partial charge >= 0.3 is 0 Å². The highest BCUT2D eigenvalue weighted by atomic mass is 35.5. The molecular weight excluding hydrogens is 300 g/mol. The van der Waals surface area contributed by atoms with Gasteiger partial charge in [0, 0.05) is 20.2 Å². The Morgan fingerprint density at radius 2 is 2.23 bits per heavy atom. The molecule has 1 aromatic carbocycles. The number of oxazole rings is 1. The third kappa shape index (κ3) is 3.35. The second-order valence-corrected chi connectivity index (χ2v) is 6.14. The first kappa shape index (κ1) is 15.5. The third-order valence-electron chi connectivity index (χ3n) is 4.17. The maximum Gasteiger partial charge on any atom is 0.228 e. The molecule has 0 spiro atoms. The van der Waals surface area contributed by atoms with Gasteiger partial charge in [0.2, 0.25) is 5.89 Å². The van der Waals surface area contributed by atoms with Gasteiger partial charge in [-0.1, -0.05) is 23.7 Å². The molecule has 1 saturated heterocycles. The van der Waals surface area contributed by atoms with Gasteiger partial charge in [0.1, 0.15) is 5.76 Å². The van der Waals surface area contributed by atoms with Crippen LogP contribution in [0.1, 0.15) is 24.3 Å². The quantitative estimate of drug-likeness (QED) is 0.856. The lowest BCUT2D eigenvalue weighted by Crippen LogP contribution is -2.38. The van der Waals surface area contributed by atoms with Crippen LogP contribution in [-0.2, 0) is 11.3 Å². The van der Waals surface area contributed by atoms with Gasteiger partial charge in [-0.2, -0.15) is 0 Å². The van der Waals surface area contributed by atoms with E-state index in [1.165, 1.54) is 0 Å². The summed E-state index contributed by atoms with van der Waals surface area (Å²) in [5.74, 6) is 1.45. The van der Waals surface area contributed by atoms with E-state index in [0.717, 1.165) is 49.5 Å². The predicted octanol–water partition coefficient (Wildman–Crippen LogP) is 3.91. The van der Waals surface area contributed by atoms with Crippen molar-refractivity contribution in [2.75, 3.05) is 20.2 Å². The Morgan fingerprint density at radius 3 is 3.00 bits per heavy atom. The van der Waals surface area contributed by atoms with Crippen LogP contribution in [0.15, 0.2) is 28.7 Å². The van der Waals surface area contributed by atoms with Gasteiger partial charge in [-0.05, 0) is 38.4 Å². The molecule has 4 nitrogen and oxygen atoms in total. The minimum Gasteiger partial charge on any atom is -0.441 e. The average molecular weight is 321 g/mol. The van der Waals surface area contributed by atoms with Gasteiger partial charge in [0.25, 0.3) is 0 Å². The standard InChI is InChI=1S/C17H21ClN2O2/c1-12-16(11-20-9-5-6-13(10-20)21-2)19-17(22-12)14-7-3-4-8-15(14)18/h3-4,7-8,13H,5-6,9-11H2,1-2H3/t13-/m0/s1. The van der Waals surface area contributed by atoms with Crippen molar-refractivity contribution in [3.05, 3.63) is 40.7 Å². The number of halogens is 1. The third-order valence-corrected chi connectivity index (χ3v) is 4.50. The predicted molar refractivity (Wildman–Crippen MR) is 87.0 cm³/mol. The number of benzene rings is 1. The zero-order valence-corrected chi connectivity index (χ0v) is 13.8. The topological polar surface area (TPSA) is 38.5 Å². The van der Waals surface area contributed by atoms with Gasteiger partial charge in [-0.25, -0.2) is 4.98 Å². The van der Waals surface area contributed by atoms with Crippen molar-refractivity contribution in [1.29, 1.82) is 0 Å². The molecule has 0 N–H and O–H groups in total. The number of aromatic nitrogens is 1. The fraction of sp³-hybridized carbons (Fsp3) is 0.471. The normalized spacial score (nSPS) is 19.5. The Bertz CT molecular complexity index is 641. The maximum absolute atomic E-state index is 6.22. The number of ether oxygens (including phenoxy) is 1. The van der Waals surface area contributed by atoms with E-state index in [1.54, 1.807) is 7.11 Å². The van der Waals surface area contributed by atoms with E-state index >= 15 is 0 Å². The van der Waals surface area contributed by atoms with Crippen LogP contribution in [0, 0.1) is 6.92 Å². The summed E-state index contributed by atoms with van der Waals surface area (Å²) >= 11 is 6.22. The van der Waals surface area contributed by atoms with Crippen molar-refractivity contribution in [2.24, 2.45) is 0 Å². The van der Waals surface area contributed by atoms with Gasteiger partial charge in [0.15, 0.2) is 0 Å². The second kappa shape index (κ2) is 6.82. The lowest BCUT2D eigenvalue weighted by molar-refractivity contribution is 0.0280. The summed E-state index contributed by atoms with van der Waals surface area (Å²) < 4.78 is 11.3. The number of hydrogen-bond donors (Lipinski definition) is 0. The molecule has 0 radical (unpaired) electrons. The van der Waals surface area contributed by atoms with Crippen molar-refractivity contribution < 1.29 is 9.15 Å². The largest absolute Gasteiger partial charge is 0.441 e. The molecule has 22 heavy (non-hydrogen) atoms. The molecule has 1 fully saturated rings. The van der Waals surface area contributed by atoms with Crippen LogP contribution in [0.5, 0.6) is 0 Å². The molecule has 1 aliphatic heterocycles. The molecule has 0 bridgehead atoms. The van der Waals surface area contributed by atoms with Crippen LogP contribution >= 0.6 is 11.6 Å². The molecule has 0 unspecified atom stereocenters. The Morgan fingerprint density at radius 1 is 1.41 bits per heavy atom. The van der Waals surface area contributed by atoms with Gasteiger partial charge in [0.05, 0.1) is 22.4 Å². The molecule has 2 heterocycles. The van der Waals surface area contributed by atoms with E-state index < -0.39 is 0 Å². The zero-order chi connectivity index (χ0) is 15.5. The first-order valence-corrected chi connectivity index (χ1v) is 8.01. The summed E-state index contributed by atoms with van der Waals surface area (Å²) in [6.07, 6.45) is 2.62. The monoisotopic (exact) mass is 320 g/mol. The minimum absolute atomic E-state index is 0.323. The highest BCUT2D eigenvalue weighted by Crippen LogP contribution is 2.29. The molecule has 0 saturated carbocycles. The van der Waals surface area contributed by atoms with Gasteiger partial charge in [-0.3, -0.25) is 4.90 Å². The van der Waals surface area contributed by atoms with E-state index in [1.807, 2.05) is 31.2 Å². The summed E-state index contributed by atoms with van der Waals surface area (Å²) in [5, 5.41) is 0.660. The summed E-state index contributed by atoms with van der Waals surface area (Å²) in [5.41, 5.74) is 1.82. The van der Waals surface area contributed by atoms with Crippen molar-refractivity contribution in [2.45, 2.75) is 32.4 Å². The molecule has 1 aliphatic rings. The molecule has 0 amide bonds. The Hall–Kier alpha value is -1.36. The Balaban J connectivity index is 1.77. The number of rotatable bonds is 4. The van der Waals surface area contributed by atoms with Crippen molar-refractivity contribution in [3.63, 3.8) is 0 Å². The number of piperidine rings is 1. The molecule has 118 valence electrons. The first-order chi connectivity index (χ1) is 10.7. The van der Waals surface area contributed by atoms with E-state index in [2.05, 4.69) is 9.88 Å². The summed E-state index contributed by atoms with van der Waals surface area (Å²) in [4.78, 5) is 7.03. The summed E-state index contributed by atoms with van der Waals surface area (Å²) in [6, 6.07) is 7.62. The fourth-order valence-corrected chi connectivity index (χ4v) is 3.10. The first-order valence-electron chi connectivity index (χ1n) is 7.63. The van der Waals surface area contributed by atoms with Crippen LogP contribution < -0.4 is 0 Å². The Labute approximate surface area is 136 Å². The zero-order valence-electron chi connectivity index (χ0n) is 13.0. The van der Waals surface area contributed by atoms with E-state index in [0.29, 0.717) is 17.0 Å². The molecule has 1 aromatic heterocycles. The molecule has 3 rings (SSSR count). The molecule has 0 aliphatic carbocycles. The number of likely N-dealkylation sites (tertiary alicyclic amines) is 1. The van der Waals surface area contributed by atoms with Crippen LogP contribution in [0.2, 0.25) is 5.02 Å². The van der Waals surface area contributed by atoms with Crippen LogP contribution in [0.4, 0.5) is 0 Å². The number of aryl methyl sites for hydroxylation is 1. The Kier molecular flexibility index (Phi) is 4.81. The van der Waals surface area contributed by atoms with Gasteiger partial charge < -0.3 is 9.15 Å². The molecule has 1 atom stereocenters. The smallest absolute Gasteiger partial charge is 0.228 e. The lowest BCUT2D eigenvalue weighted by Gasteiger charge is -2.31. The maximum atomic E-state index is 6.22. The van der Waals surface area contributed by atoms with Crippen molar-refractivity contribution in [3.8, 4) is 11.5 Å². The van der Waals surface area contributed by atoms with Crippen LogP contribution in [0.25, 0.3) is 11.5 Å². The summed E-state index contributed by atoms with van der Waals surface area (Å²) in [6.45, 7) is 4.78. The van der Waals surface area contributed by atoms with Gasteiger partial charge in [-0.15, -0.1) is 0 Å². The SMILES string of the molecule is CO[C@H]1CCCN(Cc2nc(-c3ccccc3Cl)oc2C)C1. The second-order valence-electron chi connectivity index (χ2n) is 5.74. The number of methoxy groups -OCH3 is 1. The minimum atomic E-state index is 0.323. The number of nitrogens with zero attached hydrogens (tertiary/aromatic N) is 2. The summed E-state index contributed by atoms with van der Waals surface area (Å²) in [7, 11) is 1.78. The van der Waals surface area contributed by atoms with Crippen LogP contribution in [0.3, 0.4) is 0 Å². The van der Waals surface area contributed by atoms with E-state index in [-0.39, 0.29) is 0 Å². The highest BCUT2D eigenvalue weighted by Gasteiger charge is 2.22.